The van der Waals surface area contributed by atoms with Crippen molar-refractivity contribution in [2.45, 2.75) is 63.6 Å². The Morgan fingerprint density at radius 3 is 2.57 bits per heavy atom. The fourth-order valence-corrected chi connectivity index (χ4v) is 2.28. The highest BCUT2D eigenvalue weighted by atomic mass is 16.5. The molecule has 0 bridgehead atoms. The Morgan fingerprint density at radius 2 is 2.07 bits per heavy atom. The molecule has 3 heteroatoms. The minimum atomic E-state index is -0.755. The molecule has 1 aliphatic carbocycles. The lowest BCUT2D eigenvalue weighted by Gasteiger charge is -2.37. The zero-order valence-corrected chi connectivity index (χ0v) is 8.87. The Kier molecular flexibility index (Phi) is 4.39. The Hall–Kier alpha value is -0.570. The van der Waals surface area contributed by atoms with E-state index in [9.17, 15) is 9.90 Å². The quantitative estimate of drug-likeness (QED) is 0.691. The second-order valence-corrected chi connectivity index (χ2v) is 4.17. The Morgan fingerprint density at radius 1 is 1.43 bits per heavy atom. The van der Waals surface area contributed by atoms with E-state index in [0.29, 0.717) is 6.47 Å². The molecule has 82 valence electrons. The number of carbonyl (C=O) groups excluding carboxylic acids is 1. The van der Waals surface area contributed by atoms with Crippen molar-refractivity contribution in [2.75, 3.05) is 0 Å². The van der Waals surface area contributed by atoms with Crippen LogP contribution in [0.1, 0.15) is 51.9 Å². The summed E-state index contributed by atoms with van der Waals surface area (Å²) in [4.78, 5) is 10.3. The third-order valence-electron chi connectivity index (χ3n) is 3.09. The third-order valence-corrected chi connectivity index (χ3v) is 3.09. The lowest BCUT2D eigenvalue weighted by molar-refractivity contribution is -0.156. The Balaban J connectivity index is 2.57. The van der Waals surface area contributed by atoms with Crippen molar-refractivity contribution in [3.8, 4) is 0 Å². The highest BCUT2D eigenvalue weighted by Gasteiger charge is 2.38. The molecule has 0 amide bonds. The zero-order valence-electron chi connectivity index (χ0n) is 8.87. The van der Waals surface area contributed by atoms with E-state index in [1.165, 1.54) is 6.42 Å². The van der Waals surface area contributed by atoms with Gasteiger partial charge in [0.05, 0.1) is 0 Å². The Bertz CT molecular complexity index is 173. The van der Waals surface area contributed by atoms with Gasteiger partial charge in [-0.1, -0.05) is 32.6 Å². The van der Waals surface area contributed by atoms with Crippen LogP contribution in [0.5, 0.6) is 0 Å². The van der Waals surface area contributed by atoms with E-state index in [0.717, 1.165) is 38.5 Å². The third kappa shape index (κ3) is 2.71. The van der Waals surface area contributed by atoms with Crippen molar-refractivity contribution in [1.29, 1.82) is 0 Å². The molecule has 0 aromatic rings. The maximum Gasteiger partial charge on any atom is 0.293 e. The summed E-state index contributed by atoms with van der Waals surface area (Å²) in [5.74, 6) is 0. The van der Waals surface area contributed by atoms with E-state index in [1.807, 2.05) is 6.92 Å². The smallest absolute Gasteiger partial charge is 0.293 e. The summed E-state index contributed by atoms with van der Waals surface area (Å²) in [6.45, 7) is 2.50. The van der Waals surface area contributed by atoms with Crippen LogP contribution in [0.4, 0.5) is 0 Å². The molecule has 1 fully saturated rings. The summed E-state index contributed by atoms with van der Waals surface area (Å²) in [7, 11) is 0. The first kappa shape index (κ1) is 11.5. The van der Waals surface area contributed by atoms with Crippen LogP contribution < -0.4 is 0 Å². The molecule has 3 nitrogen and oxygen atoms in total. The molecular formula is C11H20O3. The predicted octanol–water partition coefficient (Wildman–Crippen LogP) is 2.02. The number of hydrogen-bond donors (Lipinski definition) is 1. The summed E-state index contributed by atoms with van der Waals surface area (Å²) in [6.07, 6.45) is 6.19. The first-order valence-corrected chi connectivity index (χ1v) is 5.54. The molecule has 0 aromatic carbocycles. The van der Waals surface area contributed by atoms with Crippen LogP contribution >= 0.6 is 0 Å². The minimum Gasteiger partial charge on any atom is -0.462 e. The zero-order chi connectivity index (χ0) is 10.4. The normalized spacial score (nSPS) is 22.7. The molecule has 0 saturated heterocycles. The van der Waals surface area contributed by atoms with Gasteiger partial charge >= 0.3 is 0 Å². The van der Waals surface area contributed by atoms with Gasteiger partial charge in [-0.05, 0) is 19.3 Å². The number of carbonyl (C=O) groups is 1. The summed E-state index contributed by atoms with van der Waals surface area (Å²) < 4.78 is 4.99. The van der Waals surface area contributed by atoms with Gasteiger partial charge in [0.15, 0.2) is 0 Å². The summed E-state index contributed by atoms with van der Waals surface area (Å²) in [6, 6.07) is 0. The molecule has 1 atom stereocenters. The van der Waals surface area contributed by atoms with Crippen molar-refractivity contribution in [3.63, 3.8) is 0 Å². The minimum absolute atomic E-state index is 0.301. The number of hydrogen-bond acceptors (Lipinski definition) is 3. The fraction of sp³-hybridized carbons (Fsp3) is 0.909. The number of rotatable bonds is 5. The van der Waals surface area contributed by atoms with Gasteiger partial charge < -0.3 is 9.84 Å². The van der Waals surface area contributed by atoms with E-state index in [2.05, 4.69) is 0 Å². The van der Waals surface area contributed by atoms with Crippen molar-refractivity contribution in [1.82, 2.24) is 0 Å². The van der Waals surface area contributed by atoms with Gasteiger partial charge in [-0.2, -0.15) is 0 Å². The number of ether oxygens (including phenoxy) is 1. The molecule has 0 aliphatic heterocycles. The maximum atomic E-state index is 10.3. The van der Waals surface area contributed by atoms with Crippen LogP contribution in [0.3, 0.4) is 0 Å². The van der Waals surface area contributed by atoms with Gasteiger partial charge in [-0.25, -0.2) is 0 Å². The molecule has 1 saturated carbocycles. The largest absolute Gasteiger partial charge is 0.462 e. The van der Waals surface area contributed by atoms with Crippen LogP contribution in [-0.4, -0.2) is 23.3 Å². The molecule has 1 rings (SSSR count). The average molecular weight is 200 g/mol. The SMILES string of the molecule is CCCC(OC=O)C1(O)CCCCC1. The predicted molar refractivity (Wildman–Crippen MR) is 53.9 cm³/mol. The van der Waals surface area contributed by atoms with Crippen molar-refractivity contribution < 1.29 is 14.6 Å². The van der Waals surface area contributed by atoms with Crippen LogP contribution in [0.25, 0.3) is 0 Å². The molecule has 0 spiro atoms. The molecule has 1 aliphatic rings. The van der Waals surface area contributed by atoms with E-state index in [-0.39, 0.29) is 6.10 Å². The van der Waals surface area contributed by atoms with Crippen LogP contribution in [0.15, 0.2) is 0 Å². The number of aliphatic hydroxyl groups is 1. The monoisotopic (exact) mass is 200 g/mol. The molecule has 0 radical (unpaired) electrons. The average Bonchev–Trinajstić information content (AvgIpc) is 2.19. The van der Waals surface area contributed by atoms with Crippen molar-refractivity contribution in [3.05, 3.63) is 0 Å². The summed E-state index contributed by atoms with van der Waals surface area (Å²) in [5, 5.41) is 10.3. The van der Waals surface area contributed by atoms with Gasteiger partial charge in [-0.15, -0.1) is 0 Å². The van der Waals surface area contributed by atoms with Crippen LogP contribution in [0.2, 0.25) is 0 Å². The van der Waals surface area contributed by atoms with Gasteiger partial charge in [0, 0.05) is 0 Å². The first-order chi connectivity index (χ1) is 6.73. The van der Waals surface area contributed by atoms with E-state index in [4.69, 9.17) is 4.74 Å². The molecule has 0 heterocycles. The molecule has 1 N–H and O–H groups in total. The summed E-state index contributed by atoms with van der Waals surface area (Å²) >= 11 is 0. The maximum absolute atomic E-state index is 10.3. The van der Waals surface area contributed by atoms with Gasteiger partial charge in [0.2, 0.25) is 0 Å². The van der Waals surface area contributed by atoms with E-state index < -0.39 is 5.60 Å². The highest BCUT2D eigenvalue weighted by molar-refractivity contribution is 5.37. The summed E-state index contributed by atoms with van der Waals surface area (Å²) in [5.41, 5.74) is -0.755. The topological polar surface area (TPSA) is 46.5 Å². The van der Waals surface area contributed by atoms with Crippen LogP contribution in [-0.2, 0) is 9.53 Å². The first-order valence-electron chi connectivity index (χ1n) is 5.54. The van der Waals surface area contributed by atoms with Crippen LogP contribution in [0, 0.1) is 0 Å². The second kappa shape index (κ2) is 5.35. The standard InChI is InChI=1S/C11H20O3/c1-2-6-10(14-9-12)11(13)7-4-3-5-8-11/h9-10,13H,2-8H2,1H3. The van der Waals surface area contributed by atoms with E-state index >= 15 is 0 Å². The molecule has 14 heavy (non-hydrogen) atoms. The fourth-order valence-electron chi connectivity index (χ4n) is 2.28. The molecule has 1 unspecified atom stereocenters. The second-order valence-electron chi connectivity index (χ2n) is 4.17. The molecular weight excluding hydrogens is 180 g/mol. The Labute approximate surface area is 85.5 Å². The van der Waals surface area contributed by atoms with E-state index in [1.54, 1.807) is 0 Å². The molecule has 0 aromatic heterocycles. The van der Waals surface area contributed by atoms with Crippen molar-refractivity contribution in [2.24, 2.45) is 0 Å². The van der Waals surface area contributed by atoms with Gasteiger partial charge in [0.25, 0.3) is 6.47 Å². The lowest BCUT2D eigenvalue weighted by Crippen LogP contribution is -2.45. The van der Waals surface area contributed by atoms with Crippen molar-refractivity contribution >= 4 is 6.47 Å². The highest BCUT2D eigenvalue weighted by Crippen LogP contribution is 2.33. The van der Waals surface area contributed by atoms with Gasteiger partial charge in [-0.3, -0.25) is 4.79 Å². The van der Waals surface area contributed by atoms with Gasteiger partial charge in [0.1, 0.15) is 11.7 Å². The lowest BCUT2D eigenvalue weighted by atomic mass is 9.79.